The van der Waals surface area contributed by atoms with Crippen LogP contribution in [0.4, 0.5) is 0 Å². The Labute approximate surface area is 103 Å². The molecule has 4 unspecified atom stereocenters. The SMILES string of the molecule is Cc1ccc(C(N)C2CC3CCC2O3)c(C)c1. The Kier molecular flexibility index (Phi) is 2.72. The number of fused-ring (bicyclic) bond motifs is 2. The van der Waals surface area contributed by atoms with Crippen LogP contribution < -0.4 is 5.73 Å². The molecule has 0 amide bonds. The Morgan fingerprint density at radius 2 is 2.12 bits per heavy atom. The van der Waals surface area contributed by atoms with Crippen LogP contribution in [0.15, 0.2) is 18.2 Å². The van der Waals surface area contributed by atoms with E-state index in [1.165, 1.54) is 29.5 Å². The summed E-state index contributed by atoms with van der Waals surface area (Å²) in [6, 6.07) is 6.73. The molecule has 2 aliphatic rings. The lowest BCUT2D eigenvalue weighted by molar-refractivity contribution is 0.0884. The zero-order valence-electron chi connectivity index (χ0n) is 10.6. The lowest BCUT2D eigenvalue weighted by Gasteiger charge is -2.26. The summed E-state index contributed by atoms with van der Waals surface area (Å²) in [6.07, 6.45) is 4.49. The molecule has 3 rings (SSSR count). The molecule has 0 aliphatic carbocycles. The maximum atomic E-state index is 6.46. The zero-order chi connectivity index (χ0) is 12.0. The van der Waals surface area contributed by atoms with Crippen LogP contribution in [0.5, 0.6) is 0 Å². The van der Waals surface area contributed by atoms with Gasteiger partial charge in [0.2, 0.25) is 0 Å². The van der Waals surface area contributed by atoms with Gasteiger partial charge in [-0.2, -0.15) is 0 Å². The van der Waals surface area contributed by atoms with Crippen molar-refractivity contribution in [3.63, 3.8) is 0 Å². The van der Waals surface area contributed by atoms with Gasteiger partial charge in [-0.05, 0) is 44.2 Å². The van der Waals surface area contributed by atoms with Crippen molar-refractivity contribution in [2.24, 2.45) is 11.7 Å². The Bertz CT molecular complexity index is 429. The topological polar surface area (TPSA) is 35.2 Å². The fourth-order valence-electron chi connectivity index (χ4n) is 3.49. The first kappa shape index (κ1) is 11.2. The number of ether oxygens (including phenoxy) is 1. The molecule has 2 N–H and O–H groups in total. The van der Waals surface area contributed by atoms with Crippen molar-refractivity contribution in [1.82, 2.24) is 0 Å². The van der Waals surface area contributed by atoms with Crippen LogP contribution in [-0.2, 0) is 4.74 Å². The lowest BCUT2D eigenvalue weighted by Crippen LogP contribution is -2.29. The van der Waals surface area contributed by atoms with Crippen LogP contribution >= 0.6 is 0 Å². The number of nitrogens with two attached hydrogens (primary N) is 1. The fraction of sp³-hybridized carbons (Fsp3) is 0.600. The van der Waals surface area contributed by atoms with Crippen molar-refractivity contribution in [3.8, 4) is 0 Å². The van der Waals surface area contributed by atoms with Crippen molar-refractivity contribution in [3.05, 3.63) is 34.9 Å². The molecule has 0 spiro atoms. The molecular weight excluding hydrogens is 210 g/mol. The van der Waals surface area contributed by atoms with Gasteiger partial charge in [0.05, 0.1) is 12.2 Å². The molecule has 0 saturated carbocycles. The van der Waals surface area contributed by atoms with E-state index >= 15 is 0 Å². The van der Waals surface area contributed by atoms with Gasteiger partial charge in [-0.1, -0.05) is 23.8 Å². The highest BCUT2D eigenvalue weighted by molar-refractivity contribution is 5.33. The summed E-state index contributed by atoms with van der Waals surface area (Å²) in [5, 5.41) is 0. The van der Waals surface area contributed by atoms with E-state index in [-0.39, 0.29) is 6.04 Å². The van der Waals surface area contributed by atoms with Crippen LogP contribution in [0.1, 0.15) is 42.0 Å². The fourth-order valence-corrected chi connectivity index (χ4v) is 3.49. The Hall–Kier alpha value is -0.860. The minimum atomic E-state index is 0.144. The molecule has 0 aromatic heterocycles. The molecule has 2 bridgehead atoms. The second-order valence-corrected chi connectivity index (χ2v) is 5.66. The molecule has 1 aromatic carbocycles. The molecule has 17 heavy (non-hydrogen) atoms. The second-order valence-electron chi connectivity index (χ2n) is 5.66. The lowest BCUT2D eigenvalue weighted by atomic mass is 9.80. The molecule has 2 heteroatoms. The highest BCUT2D eigenvalue weighted by Gasteiger charge is 2.43. The van der Waals surface area contributed by atoms with Gasteiger partial charge in [0.1, 0.15) is 0 Å². The minimum absolute atomic E-state index is 0.144. The monoisotopic (exact) mass is 231 g/mol. The van der Waals surface area contributed by atoms with Crippen molar-refractivity contribution in [2.75, 3.05) is 0 Å². The smallest absolute Gasteiger partial charge is 0.0627 e. The third kappa shape index (κ3) is 1.90. The predicted molar refractivity (Wildman–Crippen MR) is 68.8 cm³/mol. The molecule has 1 aromatic rings. The molecule has 0 radical (unpaired) electrons. The third-order valence-electron chi connectivity index (χ3n) is 4.40. The van der Waals surface area contributed by atoms with Crippen LogP contribution in [-0.4, -0.2) is 12.2 Å². The van der Waals surface area contributed by atoms with Gasteiger partial charge in [-0.3, -0.25) is 0 Å². The first-order chi connectivity index (χ1) is 8.15. The summed E-state index contributed by atoms with van der Waals surface area (Å²) in [7, 11) is 0. The minimum Gasteiger partial charge on any atom is -0.375 e. The number of hydrogen-bond acceptors (Lipinski definition) is 2. The van der Waals surface area contributed by atoms with E-state index in [1.807, 2.05) is 0 Å². The molecule has 2 fully saturated rings. The maximum Gasteiger partial charge on any atom is 0.0627 e. The maximum absolute atomic E-state index is 6.46. The normalized spacial score (nSPS) is 33.0. The van der Waals surface area contributed by atoms with Gasteiger partial charge in [-0.25, -0.2) is 0 Å². The van der Waals surface area contributed by atoms with E-state index in [9.17, 15) is 0 Å². The van der Waals surface area contributed by atoms with Crippen LogP contribution in [0, 0.1) is 19.8 Å². The quantitative estimate of drug-likeness (QED) is 0.849. The Morgan fingerprint density at radius 1 is 1.29 bits per heavy atom. The predicted octanol–water partition coefficient (Wildman–Crippen LogP) is 2.87. The van der Waals surface area contributed by atoms with Gasteiger partial charge < -0.3 is 10.5 Å². The number of rotatable bonds is 2. The van der Waals surface area contributed by atoms with Crippen molar-refractivity contribution >= 4 is 0 Å². The van der Waals surface area contributed by atoms with E-state index < -0.39 is 0 Å². The highest BCUT2D eigenvalue weighted by atomic mass is 16.5. The number of benzene rings is 1. The summed E-state index contributed by atoms with van der Waals surface area (Å²) in [5.41, 5.74) is 10.4. The molecule has 2 heterocycles. The summed E-state index contributed by atoms with van der Waals surface area (Å²) in [4.78, 5) is 0. The first-order valence-corrected chi connectivity index (χ1v) is 6.63. The van der Waals surface area contributed by atoms with Crippen LogP contribution in [0.3, 0.4) is 0 Å². The molecule has 2 nitrogen and oxygen atoms in total. The van der Waals surface area contributed by atoms with Crippen LogP contribution in [0.25, 0.3) is 0 Å². The summed E-state index contributed by atoms with van der Waals surface area (Å²) < 4.78 is 5.91. The number of aryl methyl sites for hydroxylation is 2. The summed E-state index contributed by atoms with van der Waals surface area (Å²) >= 11 is 0. The molecule has 4 atom stereocenters. The first-order valence-electron chi connectivity index (χ1n) is 6.63. The van der Waals surface area contributed by atoms with E-state index in [1.54, 1.807) is 0 Å². The van der Waals surface area contributed by atoms with Crippen molar-refractivity contribution in [2.45, 2.75) is 51.4 Å². The van der Waals surface area contributed by atoms with E-state index in [4.69, 9.17) is 10.5 Å². The van der Waals surface area contributed by atoms with Crippen molar-refractivity contribution < 1.29 is 4.74 Å². The van der Waals surface area contributed by atoms with E-state index in [2.05, 4.69) is 32.0 Å². The van der Waals surface area contributed by atoms with Crippen LogP contribution in [0.2, 0.25) is 0 Å². The average molecular weight is 231 g/mol. The number of hydrogen-bond donors (Lipinski definition) is 1. The highest BCUT2D eigenvalue weighted by Crippen LogP contribution is 2.44. The average Bonchev–Trinajstić information content (AvgIpc) is 2.89. The summed E-state index contributed by atoms with van der Waals surface area (Å²) in [6.45, 7) is 4.29. The second kappa shape index (κ2) is 4.11. The van der Waals surface area contributed by atoms with Gasteiger partial charge in [0, 0.05) is 12.0 Å². The van der Waals surface area contributed by atoms with E-state index in [0.717, 1.165) is 6.42 Å². The van der Waals surface area contributed by atoms with E-state index in [0.29, 0.717) is 18.1 Å². The summed E-state index contributed by atoms with van der Waals surface area (Å²) in [5.74, 6) is 0.523. The Balaban J connectivity index is 1.84. The van der Waals surface area contributed by atoms with Gasteiger partial charge >= 0.3 is 0 Å². The standard InChI is InChI=1S/C15H21NO/c1-9-3-5-12(10(2)7-9)15(16)13-8-11-4-6-14(13)17-11/h3,5,7,11,13-15H,4,6,8,16H2,1-2H3. The zero-order valence-corrected chi connectivity index (χ0v) is 10.6. The molecule has 2 aliphatic heterocycles. The molecule has 92 valence electrons. The van der Waals surface area contributed by atoms with Gasteiger partial charge in [-0.15, -0.1) is 0 Å². The molecule has 2 saturated heterocycles. The largest absolute Gasteiger partial charge is 0.375 e. The van der Waals surface area contributed by atoms with Gasteiger partial charge in [0.15, 0.2) is 0 Å². The third-order valence-corrected chi connectivity index (χ3v) is 4.40. The van der Waals surface area contributed by atoms with Gasteiger partial charge in [0.25, 0.3) is 0 Å². The van der Waals surface area contributed by atoms with Crippen molar-refractivity contribution in [1.29, 1.82) is 0 Å². The molecular formula is C15H21NO. The Morgan fingerprint density at radius 3 is 2.71 bits per heavy atom.